The number of hydrogen-bond donors (Lipinski definition) is 0. The summed E-state index contributed by atoms with van der Waals surface area (Å²) in [5, 5.41) is 7.56. The van der Waals surface area contributed by atoms with Gasteiger partial charge in [0.1, 0.15) is 0 Å². The second kappa shape index (κ2) is 6.52. The second-order valence-electron chi connectivity index (χ2n) is 5.78. The van der Waals surface area contributed by atoms with Crippen LogP contribution in [0.4, 0.5) is 5.13 Å². The molecule has 24 heavy (non-hydrogen) atoms. The number of thiazole rings is 1. The molecule has 1 atom stereocenters. The number of pyridine rings is 1. The zero-order valence-electron chi connectivity index (χ0n) is 13.1. The van der Waals surface area contributed by atoms with E-state index >= 15 is 0 Å². The van der Waals surface area contributed by atoms with Crippen molar-refractivity contribution in [1.29, 1.82) is 0 Å². The van der Waals surface area contributed by atoms with Crippen LogP contribution in [0.5, 0.6) is 0 Å². The molecule has 0 saturated carbocycles. The van der Waals surface area contributed by atoms with E-state index in [-0.39, 0.29) is 11.6 Å². The highest BCUT2D eigenvalue weighted by atomic mass is 32.1. The maximum Gasteiger partial charge on any atom is 0.266 e. The molecule has 122 valence electrons. The summed E-state index contributed by atoms with van der Waals surface area (Å²) in [6.07, 6.45) is 7.45. The highest BCUT2D eigenvalue weighted by molar-refractivity contribution is 7.13. The molecule has 1 unspecified atom stereocenters. The van der Waals surface area contributed by atoms with Gasteiger partial charge in [-0.15, -0.1) is 11.3 Å². The Balaban J connectivity index is 1.61. The van der Waals surface area contributed by atoms with Crippen LogP contribution >= 0.6 is 11.3 Å². The Morgan fingerprint density at radius 2 is 2.04 bits per heavy atom. The number of rotatable bonds is 4. The van der Waals surface area contributed by atoms with Gasteiger partial charge in [-0.05, 0) is 31.0 Å². The molecule has 0 N–H and O–H groups in total. The molecule has 4 heterocycles. The Morgan fingerprint density at radius 1 is 1.17 bits per heavy atom. The van der Waals surface area contributed by atoms with Gasteiger partial charge in [-0.1, -0.05) is 0 Å². The Kier molecular flexibility index (Phi) is 4.08. The monoisotopic (exact) mass is 339 g/mol. The van der Waals surface area contributed by atoms with Gasteiger partial charge in [-0.25, -0.2) is 9.67 Å². The van der Waals surface area contributed by atoms with Crippen molar-refractivity contribution in [2.45, 2.75) is 25.4 Å². The summed E-state index contributed by atoms with van der Waals surface area (Å²) in [7, 11) is 0. The molecule has 0 bridgehead atoms. The van der Waals surface area contributed by atoms with Crippen LogP contribution in [-0.2, 0) is 6.54 Å². The van der Waals surface area contributed by atoms with Gasteiger partial charge >= 0.3 is 0 Å². The summed E-state index contributed by atoms with van der Waals surface area (Å²) in [4.78, 5) is 23.0. The first-order valence-electron chi connectivity index (χ1n) is 7.96. The van der Waals surface area contributed by atoms with E-state index in [2.05, 4.69) is 20.0 Å². The molecule has 1 saturated heterocycles. The fourth-order valence-corrected chi connectivity index (χ4v) is 3.83. The average molecular weight is 339 g/mol. The van der Waals surface area contributed by atoms with Gasteiger partial charge in [0.2, 0.25) is 0 Å². The van der Waals surface area contributed by atoms with E-state index in [4.69, 9.17) is 0 Å². The van der Waals surface area contributed by atoms with Gasteiger partial charge in [-0.3, -0.25) is 9.78 Å². The number of nitrogens with zero attached hydrogens (tertiary/aromatic N) is 5. The van der Waals surface area contributed by atoms with Crippen molar-refractivity contribution in [2.75, 3.05) is 11.4 Å². The van der Waals surface area contributed by atoms with Gasteiger partial charge < -0.3 is 4.90 Å². The van der Waals surface area contributed by atoms with Crippen molar-refractivity contribution < 1.29 is 0 Å². The quantitative estimate of drug-likeness (QED) is 0.730. The Morgan fingerprint density at radius 3 is 2.83 bits per heavy atom. The predicted molar refractivity (Wildman–Crippen MR) is 94.2 cm³/mol. The van der Waals surface area contributed by atoms with Crippen molar-refractivity contribution in [3.63, 3.8) is 0 Å². The van der Waals surface area contributed by atoms with Crippen LogP contribution in [-0.4, -0.2) is 32.3 Å². The second-order valence-corrected chi connectivity index (χ2v) is 6.65. The zero-order valence-corrected chi connectivity index (χ0v) is 13.9. The first-order chi connectivity index (χ1) is 11.8. The van der Waals surface area contributed by atoms with E-state index in [0.29, 0.717) is 6.54 Å². The fourth-order valence-electron chi connectivity index (χ4n) is 3.09. The number of hydrogen-bond acceptors (Lipinski definition) is 6. The largest absolute Gasteiger partial charge is 0.343 e. The summed E-state index contributed by atoms with van der Waals surface area (Å²) in [5.41, 5.74) is 1.68. The molecule has 0 amide bonds. The lowest BCUT2D eigenvalue weighted by Crippen LogP contribution is -2.37. The molecule has 0 spiro atoms. The van der Waals surface area contributed by atoms with Gasteiger partial charge in [0.25, 0.3) is 5.56 Å². The Bertz CT molecular complexity index is 862. The highest BCUT2D eigenvalue weighted by Gasteiger charge is 2.27. The normalized spacial score (nSPS) is 17.3. The van der Waals surface area contributed by atoms with Crippen molar-refractivity contribution in [3.05, 3.63) is 58.6 Å². The molecule has 3 aromatic rings. The molecule has 1 fully saturated rings. The molecule has 7 heteroatoms. The number of aromatic nitrogens is 4. The molecule has 6 nitrogen and oxygen atoms in total. The maximum atomic E-state index is 12.2. The van der Waals surface area contributed by atoms with E-state index in [0.717, 1.165) is 35.8 Å². The standard InChI is InChI=1S/C17H17N5OS/c23-16-4-3-15(13-5-7-18-8-6-13)20-22(16)12-14-2-1-10-21(14)17-19-9-11-24-17/h3-9,11,14H,1-2,10,12H2. The minimum atomic E-state index is -0.0706. The first-order valence-corrected chi connectivity index (χ1v) is 8.84. The molecule has 1 aliphatic heterocycles. The lowest BCUT2D eigenvalue weighted by molar-refractivity contribution is 0.490. The maximum absolute atomic E-state index is 12.2. The lowest BCUT2D eigenvalue weighted by atomic mass is 10.2. The van der Waals surface area contributed by atoms with Gasteiger partial charge in [0.15, 0.2) is 5.13 Å². The molecular weight excluding hydrogens is 322 g/mol. The van der Waals surface area contributed by atoms with Crippen LogP contribution in [0.2, 0.25) is 0 Å². The van der Waals surface area contributed by atoms with Crippen molar-refractivity contribution in [2.24, 2.45) is 0 Å². The molecule has 3 aromatic heterocycles. The molecular formula is C17H17N5OS. The highest BCUT2D eigenvalue weighted by Crippen LogP contribution is 2.27. The topological polar surface area (TPSA) is 63.9 Å². The van der Waals surface area contributed by atoms with Crippen LogP contribution in [0.15, 0.2) is 53.0 Å². The van der Waals surface area contributed by atoms with Crippen LogP contribution in [0, 0.1) is 0 Å². The molecule has 0 aliphatic carbocycles. The first kappa shape index (κ1) is 15.0. The molecule has 1 aliphatic rings. The summed E-state index contributed by atoms with van der Waals surface area (Å²) in [6.45, 7) is 1.56. The number of anilines is 1. The van der Waals surface area contributed by atoms with E-state index < -0.39 is 0 Å². The Hall–Kier alpha value is -2.54. The van der Waals surface area contributed by atoms with E-state index in [1.54, 1.807) is 40.5 Å². The third-order valence-electron chi connectivity index (χ3n) is 4.27. The summed E-state index contributed by atoms with van der Waals surface area (Å²) < 4.78 is 1.58. The van der Waals surface area contributed by atoms with E-state index in [1.165, 1.54) is 0 Å². The van der Waals surface area contributed by atoms with Crippen LogP contribution < -0.4 is 10.5 Å². The Labute approximate surface area is 143 Å². The SMILES string of the molecule is O=c1ccc(-c2ccncc2)nn1CC1CCCN1c1nccs1. The molecule has 0 aromatic carbocycles. The van der Waals surface area contributed by atoms with E-state index in [9.17, 15) is 4.79 Å². The lowest BCUT2D eigenvalue weighted by Gasteiger charge is -2.24. The average Bonchev–Trinajstić information content (AvgIpc) is 3.29. The van der Waals surface area contributed by atoms with Crippen molar-refractivity contribution >= 4 is 16.5 Å². The van der Waals surface area contributed by atoms with Gasteiger partial charge in [0.05, 0.1) is 18.3 Å². The predicted octanol–water partition coefficient (Wildman–Crippen LogP) is 2.43. The summed E-state index contributed by atoms with van der Waals surface area (Å²) >= 11 is 1.64. The van der Waals surface area contributed by atoms with Gasteiger partial charge in [-0.2, -0.15) is 5.10 Å². The fraction of sp³-hybridized carbons (Fsp3) is 0.294. The van der Waals surface area contributed by atoms with Gasteiger partial charge in [0, 0.05) is 42.1 Å². The molecule has 0 radical (unpaired) electrons. The minimum Gasteiger partial charge on any atom is -0.343 e. The third kappa shape index (κ3) is 2.94. The van der Waals surface area contributed by atoms with Crippen molar-refractivity contribution in [1.82, 2.24) is 19.7 Å². The van der Waals surface area contributed by atoms with E-state index in [1.807, 2.05) is 23.7 Å². The third-order valence-corrected chi connectivity index (χ3v) is 5.08. The van der Waals surface area contributed by atoms with Crippen molar-refractivity contribution in [3.8, 4) is 11.3 Å². The zero-order chi connectivity index (χ0) is 16.4. The van der Waals surface area contributed by atoms with Crippen LogP contribution in [0.1, 0.15) is 12.8 Å². The molecule has 4 rings (SSSR count). The van der Waals surface area contributed by atoms with Crippen LogP contribution in [0.3, 0.4) is 0 Å². The minimum absolute atomic E-state index is 0.0706. The van der Waals surface area contributed by atoms with Crippen LogP contribution in [0.25, 0.3) is 11.3 Å². The smallest absolute Gasteiger partial charge is 0.266 e. The summed E-state index contributed by atoms with van der Waals surface area (Å²) in [6, 6.07) is 7.41. The summed E-state index contributed by atoms with van der Waals surface area (Å²) in [5.74, 6) is 0.